The molecular weight excluding hydrogens is 271 g/mol. The molecular formula is C13H20ClFN2O2. The summed E-state index contributed by atoms with van der Waals surface area (Å²) in [6.07, 6.45) is 0. The fourth-order valence-electron chi connectivity index (χ4n) is 2.29. The molecule has 0 aromatic heterocycles. The van der Waals surface area contributed by atoms with Gasteiger partial charge in [-0.3, -0.25) is 4.90 Å². The number of ether oxygens (including phenoxy) is 1. The normalized spacial score (nSPS) is 17.6. The minimum Gasteiger partial charge on any atom is -0.504 e. The molecule has 0 radical (unpaired) electrons. The summed E-state index contributed by atoms with van der Waals surface area (Å²) >= 11 is 0. The minimum absolute atomic E-state index is 0. The molecule has 1 aromatic rings. The SMILES string of the molecule is COc1cc([C@H](CF)N2CCNCC2)ccc1O.Cl. The van der Waals surface area contributed by atoms with E-state index in [4.69, 9.17) is 4.74 Å². The van der Waals surface area contributed by atoms with Crippen molar-refractivity contribution in [3.05, 3.63) is 23.8 Å². The molecule has 6 heteroatoms. The summed E-state index contributed by atoms with van der Waals surface area (Å²) in [5.74, 6) is 0.472. The van der Waals surface area contributed by atoms with Crippen molar-refractivity contribution in [3.8, 4) is 11.5 Å². The Labute approximate surface area is 119 Å². The van der Waals surface area contributed by atoms with Gasteiger partial charge in [-0.15, -0.1) is 12.4 Å². The molecule has 2 rings (SSSR count). The van der Waals surface area contributed by atoms with Crippen molar-refractivity contribution in [1.82, 2.24) is 10.2 Å². The van der Waals surface area contributed by atoms with E-state index in [0.717, 1.165) is 31.7 Å². The third-order valence-electron chi connectivity index (χ3n) is 3.33. The molecule has 0 aliphatic carbocycles. The van der Waals surface area contributed by atoms with E-state index < -0.39 is 6.67 Å². The molecule has 0 bridgehead atoms. The predicted molar refractivity (Wildman–Crippen MR) is 75.1 cm³/mol. The Hall–Kier alpha value is -1.04. The number of piperazine rings is 1. The van der Waals surface area contributed by atoms with Crippen molar-refractivity contribution < 1.29 is 14.2 Å². The molecule has 1 heterocycles. The molecule has 0 spiro atoms. The van der Waals surface area contributed by atoms with E-state index in [9.17, 15) is 9.50 Å². The van der Waals surface area contributed by atoms with Gasteiger partial charge in [0.1, 0.15) is 6.67 Å². The minimum atomic E-state index is -0.437. The van der Waals surface area contributed by atoms with Crippen molar-refractivity contribution in [2.24, 2.45) is 0 Å². The zero-order valence-corrected chi connectivity index (χ0v) is 11.8. The van der Waals surface area contributed by atoms with Crippen LogP contribution in [-0.4, -0.2) is 50.0 Å². The Morgan fingerprint density at radius 3 is 2.68 bits per heavy atom. The number of nitrogens with zero attached hydrogens (tertiary/aromatic N) is 1. The van der Waals surface area contributed by atoms with Crippen molar-refractivity contribution >= 4 is 12.4 Å². The number of aromatic hydroxyl groups is 1. The highest BCUT2D eigenvalue weighted by Crippen LogP contribution is 2.31. The van der Waals surface area contributed by atoms with Gasteiger partial charge in [-0.2, -0.15) is 0 Å². The van der Waals surface area contributed by atoms with Gasteiger partial charge in [0, 0.05) is 26.2 Å². The Kier molecular flexibility index (Phi) is 6.34. The molecule has 1 fully saturated rings. The summed E-state index contributed by atoms with van der Waals surface area (Å²) in [4.78, 5) is 2.11. The Morgan fingerprint density at radius 2 is 2.11 bits per heavy atom. The van der Waals surface area contributed by atoms with Crippen LogP contribution in [0, 0.1) is 0 Å². The monoisotopic (exact) mass is 290 g/mol. The smallest absolute Gasteiger partial charge is 0.160 e. The van der Waals surface area contributed by atoms with Gasteiger partial charge in [0.15, 0.2) is 11.5 Å². The van der Waals surface area contributed by atoms with Crippen molar-refractivity contribution in [2.45, 2.75) is 6.04 Å². The van der Waals surface area contributed by atoms with Crippen LogP contribution in [0.15, 0.2) is 18.2 Å². The number of hydrogen-bond acceptors (Lipinski definition) is 4. The second-order valence-electron chi connectivity index (χ2n) is 4.39. The van der Waals surface area contributed by atoms with Gasteiger partial charge in [0.2, 0.25) is 0 Å². The summed E-state index contributed by atoms with van der Waals surface area (Å²) < 4.78 is 18.4. The maximum atomic E-state index is 13.3. The number of nitrogens with one attached hydrogen (secondary N) is 1. The van der Waals surface area contributed by atoms with Gasteiger partial charge in [-0.05, 0) is 17.7 Å². The lowest BCUT2D eigenvalue weighted by Gasteiger charge is -2.33. The lowest BCUT2D eigenvalue weighted by Crippen LogP contribution is -2.45. The number of alkyl halides is 1. The van der Waals surface area contributed by atoms with Gasteiger partial charge in [-0.25, -0.2) is 4.39 Å². The van der Waals surface area contributed by atoms with Crippen LogP contribution in [0.25, 0.3) is 0 Å². The van der Waals surface area contributed by atoms with Crippen LogP contribution in [0.4, 0.5) is 4.39 Å². The first kappa shape index (κ1) is 16.0. The molecule has 0 unspecified atom stereocenters. The van der Waals surface area contributed by atoms with Gasteiger partial charge in [-0.1, -0.05) is 6.07 Å². The lowest BCUT2D eigenvalue weighted by molar-refractivity contribution is 0.147. The first-order chi connectivity index (χ1) is 8.76. The van der Waals surface area contributed by atoms with Crippen LogP contribution < -0.4 is 10.1 Å². The average molecular weight is 291 g/mol. The van der Waals surface area contributed by atoms with Crippen LogP contribution in [0.1, 0.15) is 11.6 Å². The third kappa shape index (κ3) is 3.72. The van der Waals surface area contributed by atoms with Crippen molar-refractivity contribution in [3.63, 3.8) is 0 Å². The maximum absolute atomic E-state index is 13.3. The number of halogens is 2. The third-order valence-corrected chi connectivity index (χ3v) is 3.33. The average Bonchev–Trinajstić information content (AvgIpc) is 2.42. The zero-order chi connectivity index (χ0) is 13.0. The quantitative estimate of drug-likeness (QED) is 0.887. The number of hydrogen-bond donors (Lipinski definition) is 2. The molecule has 108 valence electrons. The van der Waals surface area contributed by atoms with E-state index in [1.165, 1.54) is 7.11 Å². The number of benzene rings is 1. The molecule has 19 heavy (non-hydrogen) atoms. The number of rotatable bonds is 4. The van der Waals surface area contributed by atoms with Crippen molar-refractivity contribution in [1.29, 1.82) is 0 Å². The molecule has 4 nitrogen and oxygen atoms in total. The second kappa shape index (κ2) is 7.53. The topological polar surface area (TPSA) is 44.7 Å². The van der Waals surface area contributed by atoms with E-state index in [2.05, 4.69) is 10.2 Å². The molecule has 1 aliphatic heterocycles. The summed E-state index contributed by atoms with van der Waals surface area (Å²) in [5, 5.41) is 12.8. The van der Waals surface area contributed by atoms with Crippen LogP contribution >= 0.6 is 12.4 Å². The molecule has 1 aliphatic rings. The van der Waals surface area contributed by atoms with E-state index in [1.54, 1.807) is 18.2 Å². The molecule has 0 saturated carbocycles. The zero-order valence-electron chi connectivity index (χ0n) is 10.9. The van der Waals surface area contributed by atoms with Gasteiger partial charge < -0.3 is 15.2 Å². The predicted octanol–water partition coefficient (Wildman–Crippen LogP) is 1.74. The largest absolute Gasteiger partial charge is 0.504 e. The van der Waals surface area contributed by atoms with Crippen LogP contribution in [0.2, 0.25) is 0 Å². The van der Waals surface area contributed by atoms with Crippen LogP contribution in [0.3, 0.4) is 0 Å². The number of phenols is 1. The number of methoxy groups -OCH3 is 1. The molecule has 0 amide bonds. The van der Waals surface area contributed by atoms with E-state index in [-0.39, 0.29) is 24.2 Å². The Morgan fingerprint density at radius 1 is 1.42 bits per heavy atom. The summed E-state index contributed by atoms with van der Waals surface area (Å²) in [6, 6.07) is 4.76. The first-order valence-corrected chi connectivity index (χ1v) is 6.14. The standard InChI is InChI=1S/C13H19FN2O2.ClH/c1-18-13-8-10(2-3-12(13)17)11(9-14)16-6-4-15-5-7-16;/h2-3,8,11,15,17H,4-7,9H2,1H3;1H/t11-;/m0./s1. The summed E-state index contributed by atoms with van der Waals surface area (Å²) in [7, 11) is 1.49. The Balaban J connectivity index is 0.00000180. The fourth-order valence-corrected chi connectivity index (χ4v) is 2.29. The maximum Gasteiger partial charge on any atom is 0.160 e. The fraction of sp³-hybridized carbons (Fsp3) is 0.538. The van der Waals surface area contributed by atoms with Crippen LogP contribution in [-0.2, 0) is 0 Å². The Bertz CT molecular complexity index is 400. The molecule has 1 aromatic carbocycles. The highest BCUT2D eigenvalue weighted by Gasteiger charge is 2.22. The molecule has 1 saturated heterocycles. The van der Waals surface area contributed by atoms with E-state index in [0.29, 0.717) is 5.75 Å². The van der Waals surface area contributed by atoms with Crippen molar-refractivity contribution in [2.75, 3.05) is 40.0 Å². The summed E-state index contributed by atoms with van der Waals surface area (Å²) in [5.41, 5.74) is 0.842. The first-order valence-electron chi connectivity index (χ1n) is 6.14. The highest BCUT2D eigenvalue weighted by molar-refractivity contribution is 5.85. The van der Waals surface area contributed by atoms with Crippen LogP contribution in [0.5, 0.6) is 11.5 Å². The molecule has 2 N–H and O–H groups in total. The van der Waals surface area contributed by atoms with E-state index in [1.807, 2.05) is 0 Å². The number of phenolic OH excluding ortho intramolecular Hbond substituents is 1. The van der Waals surface area contributed by atoms with Gasteiger partial charge >= 0.3 is 0 Å². The van der Waals surface area contributed by atoms with Gasteiger partial charge in [0.05, 0.1) is 13.2 Å². The molecule has 1 atom stereocenters. The van der Waals surface area contributed by atoms with E-state index >= 15 is 0 Å². The van der Waals surface area contributed by atoms with Gasteiger partial charge in [0.25, 0.3) is 0 Å². The highest BCUT2D eigenvalue weighted by atomic mass is 35.5. The summed E-state index contributed by atoms with van der Waals surface area (Å²) in [6.45, 7) is 2.99. The second-order valence-corrected chi connectivity index (χ2v) is 4.39. The lowest BCUT2D eigenvalue weighted by atomic mass is 10.0.